The van der Waals surface area contributed by atoms with E-state index in [9.17, 15) is 0 Å². The Morgan fingerprint density at radius 3 is 2.89 bits per heavy atom. The van der Waals surface area contributed by atoms with E-state index >= 15 is 0 Å². The maximum absolute atomic E-state index is 4.71. The third-order valence-electron chi connectivity index (χ3n) is 3.65. The van der Waals surface area contributed by atoms with Crippen LogP contribution < -0.4 is 0 Å². The number of fused-ring (bicyclic) bond motifs is 1. The van der Waals surface area contributed by atoms with E-state index in [1.54, 1.807) is 0 Å². The van der Waals surface area contributed by atoms with Gasteiger partial charge in [-0.05, 0) is 50.6 Å². The van der Waals surface area contributed by atoms with Crippen LogP contribution in [0.15, 0.2) is 16.6 Å². The second kappa shape index (κ2) is 5.02. The molecule has 0 radical (unpaired) electrons. The molecule has 18 heavy (non-hydrogen) atoms. The minimum Gasteiger partial charge on any atom is -0.342 e. The van der Waals surface area contributed by atoms with Crippen molar-refractivity contribution in [2.24, 2.45) is 0 Å². The fourth-order valence-electron chi connectivity index (χ4n) is 2.69. The molecule has 1 N–H and O–H groups in total. The van der Waals surface area contributed by atoms with E-state index in [0.717, 1.165) is 34.3 Å². The Bertz CT molecular complexity index is 555. The van der Waals surface area contributed by atoms with E-state index in [1.165, 1.54) is 31.5 Å². The first-order chi connectivity index (χ1) is 8.72. The molecule has 3 nitrogen and oxygen atoms in total. The van der Waals surface area contributed by atoms with E-state index < -0.39 is 0 Å². The number of likely N-dealkylation sites (tertiary alicyclic amines) is 1. The molecule has 0 unspecified atom stereocenters. The highest BCUT2D eigenvalue weighted by Crippen LogP contribution is 2.22. The topological polar surface area (TPSA) is 31.9 Å². The van der Waals surface area contributed by atoms with Gasteiger partial charge in [0.05, 0.1) is 11.0 Å². The molecule has 3 rings (SSSR count). The second-order valence-electron chi connectivity index (χ2n) is 5.10. The van der Waals surface area contributed by atoms with E-state index in [0.29, 0.717) is 0 Å². The van der Waals surface area contributed by atoms with Crippen molar-refractivity contribution in [3.8, 4) is 0 Å². The summed E-state index contributed by atoms with van der Waals surface area (Å²) in [5.74, 6) is 1.11. The van der Waals surface area contributed by atoms with E-state index in [2.05, 4.69) is 44.9 Å². The summed E-state index contributed by atoms with van der Waals surface area (Å²) >= 11 is 3.53. The lowest BCUT2D eigenvalue weighted by molar-refractivity contribution is 0.341. The van der Waals surface area contributed by atoms with Crippen LogP contribution in [0.25, 0.3) is 11.0 Å². The Morgan fingerprint density at radius 2 is 2.11 bits per heavy atom. The summed E-state index contributed by atoms with van der Waals surface area (Å²) in [4.78, 5) is 10.7. The fraction of sp³-hybridized carbons (Fsp3) is 0.500. The van der Waals surface area contributed by atoms with Gasteiger partial charge in [0.1, 0.15) is 5.82 Å². The zero-order chi connectivity index (χ0) is 12.5. The van der Waals surface area contributed by atoms with Gasteiger partial charge in [0.25, 0.3) is 0 Å². The van der Waals surface area contributed by atoms with Crippen molar-refractivity contribution in [3.05, 3.63) is 28.0 Å². The van der Waals surface area contributed by atoms with Gasteiger partial charge >= 0.3 is 0 Å². The molecule has 4 heteroatoms. The monoisotopic (exact) mass is 307 g/mol. The Hall–Kier alpha value is -0.870. The summed E-state index contributed by atoms with van der Waals surface area (Å²) in [5, 5.41) is 0. The van der Waals surface area contributed by atoms with Crippen LogP contribution in [0.1, 0.15) is 24.2 Å². The molecule has 0 spiro atoms. The number of H-pyrrole nitrogens is 1. The average molecular weight is 308 g/mol. The third-order valence-corrected chi connectivity index (χ3v) is 4.11. The second-order valence-corrected chi connectivity index (χ2v) is 6.02. The minimum atomic E-state index is 1.02. The quantitative estimate of drug-likeness (QED) is 0.944. The van der Waals surface area contributed by atoms with Crippen molar-refractivity contribution in [1.82, 2.24) is 14.9 Å². The Kier molecular flexibility index (Phi) is 3.39. The van der Waals surface area contributed by atoms with Crippen molar-refractivity contribution in [2.45, 2.75) is 26.2 Å². The predicted octanol–water partition coefficient (Wildman–Crippen LogP) is 3.27. The average Bonchev–Trinajstić information content (AvgIpc) is 2.93. The number of aromatic nitrogens is 2. The largest absolute Gasteiger partial charge is 0.342 e. The Labute approximate surface area is 116 Å². The highest BCUT2D eigenvalue weighted by Gasteiger charge is 2.12. The number of hydrogen-bond acceptors (Lipinski definition) is 2. The van der Waals surface area contributed by atoms with Crippen molar-refractivity contribution < 1.29 is 0 Å². The Morgan fingerprint density at radius 1 is 1.33 bits per heavy atom. The number of halogens is 1. The SMILES string of the molecule is Cc1cc(Br)cc2[nH]c(CCN3CCCC3)nc12. The molecular weight excluding hydrogens is 290 g/mol. The molecule has 1 aromatic carbocycles. The van der Waals surface area contributed by atoms with Gasteiger partial charge in [-0.2, -0.15) is 0 Å². The first-order valence-electron chi connectivity index (χ1n) is 6.59. The van der Waals surface area contributed by atoms with Crippen molar-refractivity contribution in [3.63, 3.8) is 0 Å². The van der Waals surface area contributed by atoms with Crippen LogP contribution in [-0.2, 0) is 6.42 Å². The van der Waals surface area contributed by atoms with E-state index in [4.69, 9.17) is 4.98 Å². The van der Waals surface area contributed by atoms with Crippen LogP contribution >= 0.6 is 15.9 Å². The summed E-state index contributed by atoms with van der Waals surface area (Å²) in [5.41, 5.74) is 3.47. The number of nitrogens with one attached hydrogen (secondary N) is 1. The van der Waals surface area contributed by atoms with Crippen molar-refractivity contribution >= 4 is 27.0 Å². The molecule has 96 valence electrons. The van der Waals surface area contributed by atoms with E-state index in [-0.39, 0.29) is 0 Å². The first-order valence-corrected chi connectivity index (χ1v) is 7.39. The lowest BCUT2D eigenvalue weighted by Crippen LogP contribution is -2.22. The molecule has 0 atom stereocenters. The standard InChI is InChI=1S/C14H18BrN3/c1-10-8-11(15)9-12-14(10)17-13(16-12)4-7-18-5-2-3-6-18/h8-9H,2-7H2,1H3,(H,16,17). The van der Waals surface area contributed by atoms with Crippen LogP contribution in [0.2, 0.25) is 0 Å². The van der Waals surface area contributed by atoms with Gasteiger partial charge in [0, 0.05) is 17.4 Å². The minimum absolute atomic E-state index is 1.02. The molecule has 1 fully saturated rings. The van der Waals surface area contributed by atoms with Crippen LogP contribution in [0.4, 0.5) is 0 Å². The predicted molar refractivity (Wildman–Crippen MR) is 77.9 cm³/mol. The highest BCUT2D eigenvalue weighted by molar-refractivity contribution is 9.10. The first kappa shape index (κ1) is 12.2. The molecule has 2 heterocycles. The summed E-state index contributed by atoms with van der Waals surface area (Å²) in [6, 6.07) is 4.22. The number of aryl methyl sites for hydroxylation is 1. The van der Waals surface area contributed by atoms with Gasteiger partial charge in [-0.25, -0.2) is 4.98 Å². The lowest BCUT2D eigenvalue weighted by Gasteiger charge is -2.12. The molecule has 1 aliphatic rings. The van der Waals surface area contributed by atoms with Crippen molar-refractivity contribution in [1.29, 1.82) is 0 Å². The summed E-state index contributed by atoms with van der Waals surface area (Å²) < 4.78 is 1.11. The smallest absolute Gasteiger partial charge is 0.108 e. The van der Waals surface area contributed by atoms with Gasteiger partial charge in [0.15, 0.2) is 0 Å². The maximum Gasteiger partial charge on any atom is 0.108 e. The molecule has 2 aromatic rings. The lowest BCUT2D eigenvalue weighted by atomic mass is 10.2. The molecule has 1 saturated heterocycles. The Balaban J connectivity index is 1.78. The molecule has 0 saturated carbocycles. The number of aromatic amines is 1. The van der Waals surface area contributed by atoms with Crippen LogP contribution in [0.3, 0.4) is 0 Å². The summed E-state index contributed by atoms with van der Waals surface area (Å²) in [6.07, 6.45) is 3.73. The van der Waals surface area contributed by atoms with Gasteiger partial charge in [-0.3, -0.25) is 0 Å². The number of rotatable bonds is 3. The summed E-state index contributed by atoms with van der Waals surface area (Å²) in [6.45, 7) is 5.74. The van der Waals surface area contributed by atoms with Gasteiger partial charge in [-0.15, -0.1) is 0 Å². The maximum atomic E-state index is 4.71. The van der Waals surface area contributed by atoms with Crippen LogP contribution in [-0.4, -0.2) is 34.5 Å². The number of imidazole rings is 1. The third kappa shape index (κ3) is 2.45. The van der Waals surface area contributed by atoms with Gasteiger partial charge in [0.2, 0.25) is 0 Å². The van der Waals surface area contributed by atoms with Gasteiger partial charge < -0.3 is 9.88 Å². The number of benzene rings is 1. The zero-order valence-electron chi connectivity index (χ0n) is 10.7. The molecular formula is C14H18BrN3. The molecule has 0 bridgehead atoms. The van der Waals surface area contributed by atoms with Gasteiger partial charge in [-0.1, -0.05) is 15.9 Å². The van der Waals surface area contributed by atoms with Crippen LogP contribution in [0.5, 0.6) is 0 Å². The molecule has 0 aliphatic carbocycles. The summed E-state index contributed by atoms with van der Waals surface area (Å²) in [7, 11) is 0. The van der Waals surface area contributed by atoms with Crippen molar-refractivity contribution in [2.75, 3.05) is 19.6 Å². The number of hydrogen-bond donors (Lipinski definition) is 1. The highest BCUT2D eigenvalue weighted by atomic mass is 79.9. The number of nitrogens with zero attached hydrogens (tertiary/aromatic N) is 2. The molecule has 0 amide bonds. The van der Waals surface area contributed by atoms with Crippen LogP contribution in [0, 0.1) is 6.92 Å². The molecule has 1 aromatic heterocycles. The zero-order valence-corrected chi connectivity index (χ0v) is 12.3. The fourth-order valence-corrected chi connectivity index (χ4v) is 3.26. The molecule has 1 aliphatic heterocycles. The normalized spacial score (nSPS) is 16.8. The van der Waals surface area contributed by atoms with E-state index in [1.807, 2.05) is 0 Å².